The van der Waals surface area contributed by atoms with Crippen molar-refractivity contribution in [2.24, 2.45) is 5.84 Å². The van der Waals surface area contributed by atoms with E-state index < -0.39 is 0 Å². The number of amides is 1. The van der Waals surface area contributed by atoms with Crippen LogP contribution in [0.15, 0.2) is 23.2 Å². The van der Waals surface area contributed by atoms with Crippen LogP contribution in [0.25, 0.3) is 0 Å². The summed E-state index contributed by atoms with van der Waals surface area (Å²) < 4.78 is 0. The van der Waals surface area contributed by atoms with Crippen LogP contribution in [0.5, 0.6) is 0 Å². The monoisotopic (exact) mass is 198 g/mol. The lowest BCUT2D eigenvalue weighted by Gasteiger charge is -1.99. The highest BCUT2D eigenvalue weighted by atomic mass is 32.2. The molecule has 1 aromatic rings. The second-order valence-electron chi connectivity index (χ2n) is 2.27. The van der Waals surface area contributed by atoms with E-state index >= 15 is 0 Å². The van der Waals surface area contributed by atoms with E-state index in [1.54, 1.807) is 18.3 Å². The van der Waals surface area contributed by atoms with Crippen molar-refractivity contribution in [2.45, 2.75) is 4.90 Å². The second-order valence-corrected chi connectivity index (χ2v) is 3.32. The molecule has 0 aliphatic rings. The fourth-order valence-corrected chi connectivity index (χ4v) is 1.34. The van der Waals surface area contributed by atoms with Crippen LogP contribution in [0.3, 0.4) is 0 Å². The molecule has 5 N–H and O–H groups in total. The number of carbonyl (C=O) groups is 1. The summed E-state index contributed by atoms with van der Waals surface area (Å²) >= 11 is 1.35. The van der Waals surface area contributed by atoms with Crippen molar-refractivity contribution in [1.29, 1.82) is 0 Å². The maximum absolute atomic E-state index is 10.8. The fraction of sp³-hybridized carbons (Fsp3) is 0.143. The minimum atomic E-state index is -0.221. The van der Waals surface area contributed by atoms with Gasteiger partial charge in [-0.1, -0.05) is 0 Å². The molecule has 0 saturated heterocycles. The average Bonchev–Trinajstić information content (AvgIpc) is 2.16. The van der Waals surface area contributed by atoms with E-state index in [0.717, 1.165) is 4.90 Å². The molecule has 0 fully saturated rings. The van der Waals surface area contributed by atoms with Gasteiger partial charge in [-0.2, -0.15) is 0 Å². The molecular formula is C7H10N4OS. The summed E-state index contributed by atoms with van der Waals surface area (Å²) in [6.07, 6.45) is 1.61. The first-order valence-corrected chi connectivity index (χ1v) is 4.54. The first-order valence-electron chi connectivity index (χ1n) is 3.56. The molecule has 0 aliphatic carbocycles. The highest BCUT2D eigenvalue weighted by Crippen LogP contribution is 2.16. The van der Waals surface area contributed by atoms with E-state index in [1.165, 1.54) is 11.8 Å². The topological polar surface area (TPSA) is 94.0 Å². The van der Waals surface area contributed by atoms with Crippen molar-refractivity contribution in [2.75, 3.05) is 11.5 Å². The molecule has 0 atom stereocenters. The zero-order valence-electron chi connectivity index (χ0n) is 6.86. The molecule has 0 aliphatic heterocycles. The summed E-state index contributed by atoms with van der Waals surface area (Å²) in [6, 6.07) is 3.49. The van der Waals surface area contributed by atoms with E-state index in [-0.39, 0.29) is 11.7 Å². The van der Waals surface area contributed by atoms with Gasteiger partial charge >= 0.3 is 0 Å². The van der Waals surface area contributed by atoms with Gasteiger partial charge in [0.25, 0.3) is 0 Å². The highest BCUT2D eigenvalue weighted by Gasteiger charge is 1.99. The number of hydrogen-bond donors (Lipinski definition) is 3. The highest BCUT2D eigenvalue weighted by molar-refractivity contribution is 8.00. The van der Waals surface area contributed by atoms with Crippen LogP contribution in [-0.2, 0) is 4.79 Å². The minimum Gasteiger partial charge on any atom is -0.384 e. The van der Waals surface area contributed by atoms with Gasteiger partial charge in [0.15, 0.2) is 0 Å². The quantitative estimate of drug-likeness (QED) is 0.269. The number of hydrogen-bond acceptors (Lipinski definition) is 5. The zero-order chi connectivity index (χ0) is 9.68. The Balaban J connectivity index is 2.46. The van der Waals surface area contributed by atoms with Gasteiger partial charge in [-0.05, 0) is 12.1 Å². The fourth-order valence-electron chi connectivity index (χ4n) is 0.668. The van der Waals surface area contributed by atoms with Crippen LogP contribution in [0.2, 0.25) is 0 Å². The molecule has 0 spiro atoms. The van der Waals surface area contributed by atoms with Crippen molar-refractivity contribution in [1.82, 2.24) is 10.4 Å². The Kier molecular flexibility index (Phi) is 3.53. The second kappa shape index (κ2) is 4.68. The maximum Gasteiger partial charge on any atom is 0.244 e. The van der Waals surface area contributed by atoms with Gasteiger partial charge in [0.1, 0.15) is 5.82 Å². The third-order valence-electron chi connectivity index (χ3n) is 1.29. The van der Waals surface area contributed by atoms with Gasteiger partial charge in [-0.15, -0.1) is 11.8 Å². The van der Waals surface area contributed by atoms with Crippen LogP contribution in [0.1, 0.15) is 0 Å². The van der Waals surface area contributed by atoms with Crippen LogP contribution in [0.4, 0.5) is 5.82 Å². The Bertz CT molecular complexity index is 287. The Hall–Kier alpha value is -1.27. The predicted octanol–water partition coefficient (Wildman–Crippen LogP) is -0.254. The number of nitrogens with zero attached hydrogens (tertiary/aromatic N) is 1. The Morgan fingerprint density at radius 2 is 2.38 bits per heavy atom. The molecule has 0 saturated carbocycles. The number of anilines is 1. The number of nitrogens with one attached hydrogen (secondary N) is 1. The molecule has 1 aromatic heterocycles. The van der Waals surface area contributed by atoms with E-state index in [0.29, 0.717) is 5.82 Å². The molecule has 5 nitrogen and oxygen atoms in total. The normalized spacial score (nSPS) is 9.62. The zero-order valence-corrected chi connectivity index (χ0v) is 7.67. The Labute approximate surface area is 79.9 Å². The minimum absolute atomic E-state index is 0.221. The van der Waals surface area contributed by atoms with E-state index in [9.17, 15) is 4.79 Å². The number of nitrogens with two attached hydrogens (primary N) is 2. The molecule has 0 aromatic carbocycles. The lowest BCUT2D eigenvalue weighted by atomic mass is 10.5. The first-order chi connectivity index (χ1) is 6.22. The van der Waals surface area contributed by atoms with Gasteiger partial charge in [0.2, 0.25) is 5.91 Å². The summed E-state index contributed by atoms with van der Waals surface area (Å²) in [5.41, 5.74) is 7.43. The smallest absolute Gasteiger partial charge is 0.244 e. The lowest BCUT2D eigenvalue weighted by Crippen LogP contribution is -2.31. The predicted molar refractivity (Wildman–Crippen MR) is 51.7 cm³/mol. The average molecular weight is 198 g/mol. The number of carbonyl (C=O) groups excluding carboxylic acids is 1. The van der Waals surface area contributed by atoms with Crippen LogP contribution >= 0.6 is 11.8 Å². The Morgan fingerprint density at radius 1 is 1.62 bits per heavy atom. The standard InChI is InChI=1S/C7H10N4OS/c8-6-2-1-5(3-10-6)13-4-7(12)11-9/h1-3H,4,9H2,(H2,8,10)(H,11,12). The number of thioether (sulfide) groups is 1. The van der Waals surface area contributed by atoms with Crippen LogP contribution in [0, 0.1) is 0 Å². The molecule has 6 heteroatoms. The summed E-state index contributed by atoms with van der Waals surface area (Å²) in [5.74, 6) is 5.44. The van der Waals surface area contributed by atoms with Crippen molar-refractivity contribution in [3.8, 4) is 0 Å². The number of rotatable bonds is 3. The van der Waals surface area contributed by atoms with Crippen LogP contribution < -0.4 is 17.0 Å². The van der Waals surface area contributed by atoms with E-state index in [1.807, 2.05) is 5.43 Å². The van der Waals surface area contributed by atoms with Crippen LogP contribution in [-0.4, -0.2) is 16.6 Å². The maximum atomic E-state index is 10.8. The number of pyridine rings is 1. The number of aromatic nitrogens is 1. The van der Waals surface area contributed by atoms with Crippen molar-refractivity contribution < 1.29 is 4.79 Å². The van der Waals surface area contributed by atoms with Gasteiger partial charge in [0.05, 0.1) is 5.75 Å². The summed E-state index contributed by atoms with van der Waals surface area (Å²) in [4.78, 5) is 15.5. The molecule has 13 heavy (non-hydrogen) atoms. The van der Waals surface area contributed by atoms with Gasteiger partial charge in [-0.3, -0.25) is 10.2 Å². The SMILES string of the molecule is NNC(=O)CSc1ccc(N)nc1. The number of nitrogen functional groups attached to an aromatic ring is 1. The molecule has 1 amide bonds. The van der Waals surface area contributed by atoms with E-state index in [4.69, 9.17) is 11.6 Å². The third-order valence-corrected chi connectivity index (χ3v) is 2.27. The molecule has 1 rings (SSSR count). The van der Waals surface area contributed by atoms with Crippen molar-refractivity contribution >= 4 is 23.5 Å². The summed E-state index contributed by atoms with van der Waals surface area (Å²) in [5, 5.41) is 0. The van der Waals surface area contributed by atoms with E-state index in [2.05, 4.69) is 4.98 Å². The molecule has 70 valence electrons. The summed E-state index contributed by atoms with van der Waals surface area (Å²) in [6.45, 7) is 0. The third kappa shape index (κ3) is 3.30. The molecule has 1 heterocycles. The van der Waals surface area contributed by atoms with Gasteiger partial charge in [0, 0.05) is 11.1 Å². The summed E-state index contributed by atoms with van der Waals surface area (Å²) in [7, 11) is 0. The van der Waals surface area contributed by atoms with Crippen molar-refractivity contribution in [3.05, 3.63) is 18.3 Å². The molecule has 0 bridgehead atoms. The van der Waals surface area contributed by atoms with Gasteiger partial charge in [-0.25, -0.2) is 10.8 Å². The first kappa shape index (κ1) is 9.82. The Morgan fingerprint density at radius 3 is 2.92 bits per heavy atom. The number of hydrazine groups is 1. The van der Waals surface area contributed by atoms with Gasteiger partial charge < -0.3 is 5.73 Å². The molecular weight excluding hydrogens is 188 g/mol. The molecule has 0 unspecified atom stereocenters. The molecule has 0 radical (unpaired) electrons. The largest absolute Gasteiger partial charge is 0.384 e. The lowest BCUT2D eigenvalue weighted by molar-refractivity contribution is -0.118. The van der Waals surface area contributed by atoms with Crippen molar-refractivity contribution in [3.63, 3.8) is 0 Å².